The molecule has 4 rings (SSSR count). The second-order valence-corrected chi connectivity index (χ2v) is 14.0. The molecule has 14 nitrogen and oxygen atoms in total. The maximum Gasteiger partial charge on any atom is 0.414 e. The molecule has 3 amide bonds. The molecule has 2 fully saturated rings. The largest absolute Gasteiger partial charge is 0.442 e. The normalized spacial score (nSPS) is 17.9. The van der Waals surface area contributed by atoms with E-state index in [1.807, 2.05) is 0 Å². The second-order valence-electron chi connectivity index (χ2n) is 10.0. The van der Waals surface area contributed by atoms with Crippen molar-refractivity contribution in [2.45, 2.75) is 24.8 Å². The van der Waals surface area contributed by atoms with Gasteiger partial charge in [-0.25, -0.2) is 9.18 Å². The first-order chi connectivity index (χ1) is 19.6. The topological polar surface area (TPSA) is 197 Å². The Morgan fingerprint density at radius 1 is 1.02 bits per heavy atom. The zero-order chi connectivity index (χ0) is 30.8. The average molecular weight is 628 g/mol. The van der Waals surface area contributed by atoms with Crippen molar-refractivity contribution in [1.82, 2.24) is 10.2 Å². The molecule has 0 radical (unpaired) electrons. The van der Waals surface area contributed by atoms with E-state index in [4.69, 9.17) is 4.74 Å². The maximum atomic E-state index is 15.1. The highest BCUT2D eigenvalue weighted by Crippen LogP contribution is 2.60. The third kappa shape index (κ3) is 7.54. The molecule has 2 heterocycles. The van der Waals surface area contributed by atoms with Gasteiger partial charge in [0.2, 0.25) is 5.91 Å². The smallest absolute Gasteiger partial charge is 0.414 e. The predicted molar refractivity (Wildman–Crippen MR) is 149 cm³/mol. The monoisotopic (exact) mass is 628 g/mol. The summed E-state index contributed by atoms with van der Waals surface area (Å²) >= 11 is 0. The van der Waals surface area contributed by atoms with Crippen molar-refractivity contribution < 1.29 is 52.2 Å². The van der Waals surface area contributed by atoms with E-state index in [0.717, 1.165) is 0 Å². The van der Waals surface area contributed by atoms with Crippen LogP contribution in [0.5, 0.6) is 0 Å². The Kier molecular flexibility index (Phi) is 9.41. The fourth-order valence-corrected chi connectivity index (χ4v) is 7.24. The molecule has 5 N–H and O–H groups in total. The molecule has 2 aliphatic rings. The molecule has 0 saturated carbocycles. The van der Waals surface area contributed by atoms with Gasteiger partial charge in [-0.05, 0) is 42.3 Å². The summed E-state index contributed by atoms with van der Waals surface area (Å²) in [5, 5.41) is 0.405. The van der Waals surface area contributed by atoms with Gasteiger partial charge in [-0.1, -0.05) is 12.1 Å². The summed E-state index contributed by atoms with van der Waals surface area (Å²) in [6.07, 6.45) is -1.76. The van der Waals surface area contributed by atoms with Gasteiger partial charge in [0.1, 0.15) is 11.9 Å². The van der Waals surface area contributed by atoms with E-state index in [-0.39, 0.29) is 49.1 Å². The van der Waals surface area contributed by atoms with Crippen molar-refractivity contribution in [1.29, 1.82) is 0 Å². The van der Waals surface area contributed by atoms with Crippen LogP contribution in [0, 0.1) is 5.82 Å². The molecule has 0 aliphatic carbocycles. The molecule has 2 saturated heterocycles. The molecule has 2 aliphatic heterocycles. The Bertz CT molecular complexity index is 1420. The zero-order valence-electron chi connectivity index (χ0n) is 22.5. The summed E-state index contributed by atoms with van der Waals surface area (Å²) in [4.78, 5) is 78.3. The fraction of sp³-hybridized carbons (Fsp3) is 0.400. The quantitative estimate of drug-likeness (QED) is 0.252. The van der Waals surface area contributed by atoms with E-state index in [0.29, 0.717) is 24.5 Å². The first-order valence-electron chi connectivity index (χ1n) is 12.9. The predicted octanol–water partition coefficient (Wildman–Crippen LogP) is 1.47. The van der Waals surface area contributed by atoms with Crippen LogP contribution in [-0.4, -0.2) is 93.2 Å². The molecule has 0 spiro atoms. The van der Waals surface area contributed by atoms with Gasteiger partial charge in [0.05, 0.1) is 24.5 Å². The van der Waals surface area contributed by atoms with Gasteiger partial charge in [-0.15, -0.1) is 0 Å². The van der Waals surface area contributed by atoms with Gasteiger partial charge in [0.25, 0.3) is 5.91 Å². The molecule has 17 heteroatoms. The van der Waals surface area contributed by atoms with Crippen LogP contribution < -0.4 is 15.1 Å². The van der Waals surface area contributed by atoms with Crippen LogP contribution in [0.2, 0.25) is 0 Å². The second kappa shape index (κ2) is 12.5. The molecule has 0 unspecified atom stereocenters. The minimum Gasteiger partial charge on any atom is -0.442 e. The van der Waals surface area contributed by atoms with E-state index < -0.39 is 45.0 Å². The van der Waals surface area contributed by atoms with Gasteiger partial charge in [-0.3, -0.25) is 23.6 Å². The maximum absolute atomic E-state index is 15.1. The Morgan fingerprint density at radius 3 is 2.19 bits per heavy atom. The van der Waals surface area contributed by atoms with Crippen LogP contribution in [0.1, 0.15) is 22.8 Å². The van der Waals surface area contributed by atoms with Crippen LogP contribution in [0.25, 0.3) is 0 Å². The summed E-state index contributed by atoms with van der Waals surface area (Å²) in [6.45, 7) is 2.89. The molecular formula is C25H31FN4O10P2. The zero-order valence-corrected chi connectivity index (χ0v) is 24.3. The SMILES string of the molecule is CC(=O)NC[C@H]1CN(c2ccc(N3CCN(C(=O)c4ccc(CC(P(=O)(O)O)P(=O)(O)O)cc4)CC3)c(F)c2)C(=O)O1. The molecule has 0 bridgehead atoms. The highest BCUT2D eigenvalue weighted by Gasteiger charge is 2.43. The third-order valence-corrected chi connectivity index (χ3v) is 10.7. The lowest BCUT2D eigenvalue weighted by molar-refractivity contribution is -0.119. The number of carbonyl (C=O) groups is 3. The van der Waals surface area contributed by atoms with Gasteiger partial charge in [-0.2, -0.15) is 0 Å². The number of cyclic esters (lactones) is 1. The van der Waals surface area contributed by atoms with E-state index in [2.05, 4.69) is 5.32 Å². The number of piperazine rings is 1. The Morgan fingerprint density at radius 2 is 1.64 bits per heavy atom. The Labute approximate surface area is 240 Å². The number of rotatable bonds is 9. The van der Waals surface area contributed by atoms with E-state index in [1.54, 1.807) is 21.9 Å². The number of nitrogens with one attached hydrogen (secondary N) is 1. The molecule has 2 aromatic rings. The van der Waals surface area contributed by atoms with Crippen molar-refractivity contribution >= 4 is 44.5 Å². The fourth-order valence-electron chi connectivity index (χ4n) is 4.78. The number of halogens is 1. The van der Waals surface area contributed by atoms with Gasteiger partial charge >= 0.3 is 21.3 Å². The number of nitrogens with zero attached hydrogens (tertiary/aromatic N) is 3. The molecule has 42 heavy (non-hydrogen) atoms. The molecule has 0 aromatic heterocycles. The van der Waals surface area contributed by atoms with E-state index in [9.17, 15) is 43.1 Å². The number of hydrogen-bond donors (Lipinski definition) is 5. The molecule has 1 atom stereocenters. The van der Waals surface area contributed by atoms with E-state index in [1.165, 1.54) is 42.2 Å². The highest BCUT2D eigenvalue weighted by atomic mass is 31.2. The van der Waals surface area contributed by atoms with Gasteiger partial charge in [0.15, 0.2) is 5.40 Å². The summed E-state index contributed by atoms with van der Waals surface area (Å²) in [5.74, 6) is -1.13. The molecule has 2 aromatic carbocycles. The lowest BCUT2D eigenvalue weighted by Gasteiger charge is -2.36. The summed E-state index contributed by atoms with van der Waals surface area (Å²) < 4.78 is 43.4. The number of anilines is 2. The Balaban J connectivity index is 1.34. The van der Waals surface area contributed by atoms with Crippen molar-refractivity contribution in [3.63, 3.8) is 0 Å². The number of amides is 3. The summed E-state index contributed by atoms with van der Waals surface area (Å²) in [6, 6.07) is 10.0. The van der Waals surface area contributed by atoms with Crippen LogP contribution >= 0.6 is 15.2 Å². The van der Waals surface area contributed by atoms with Crippen molar-refractivity contribution in [3.8, 4) is 0 Å². The minimum absolute atomic E-state index is 0.152. The van der Waals surface area contributed by atoms with Crippen molar-refractivity contribution in [2.75, 3.05) is 49.1 Å². The number of carbonyl (C=O) groups excluding carboxylic acids is 3. The highest BCUT2D eigenvalue weighted by molar-refractivity contribution is 7.70. The lowest BCUT2D eigenvalue weighted by Crippen LogP contribution is -2.49. The number of hydrogen-bond acceptors (Lipinski definition) is 7. The first kappa shape index (κ1) is 31.6. The lowest BCUT2D eigenvalue weighted by atomic mass is 10.1. The van der Waals surface area contributed by atoms with Gasteiger partial charge in [0, 0.05) is 38.7 Å². The minimum atomic E-state index is -5.08. The summed E-state index contributed by atoms with van der Waals surface area (Å²) in [5.41, 5.74) is 1.15. The van der Waals surface area contributed by atoms with Gasteiger partial charge < -0.3 is 39.4 Å². The van der Waals surface area contributed by atoms with Crippen molar-refractivity contribution in [3.05, 3.63) is 59.4 Å². The van der Waals surface area contributed by atoms with E-state index >= 15 is 4.39 Å². The summed E-state index contributed by atoms with van der Waals surface area (Å²) in [7, 11) is -10.2. The third-order valence-electron chi connectivity index (χ3n) is 7.00. The van der Waals surface area contributed by atoms with Crippen LogP contribution in [0.3, 0.4) is 0 Å². The first-order valence-corrected chi connectivity index (χ1v) is 16.3. The van der Waals surface area contributed by atoms with Crippen LogP contribution in [0.15, 0.2) is 42.5 Å². The average Bonchev–Trinajstić information content (AvgIpc) is 3.29. The number of ether oxygens (including phenoxy) is 1. The standard InChI is InChI=1S/C25H31FN4O10P2/c1-16(31)27-14-20-15-30(25(33)40-20)19-6-7-22(21(26)13-19)28-8-10-29(11-9-28)24(32)18-4-2-17(3-5-18)12-23(41(34,35)36)42(37,38)39/h2-7,13,20,23H,8-12,14-15H2,1H3,(H,27,31)(H2,34,35,36)(H2,37,38,39)/t20-/m0/s1. The van der Waals surface area contributed by atoms with Crippen LogP contribution in [-0.2, 0) is 25.1 Å². The molecule has 228 valence electrons. The molecular weight excluding hydrogens is 597 g/mol. The van der Waals surface area contributed by atoms with Crippen molar-refractivity contribution in [2.24, 2.45) is 0 Å². The Hall–Kier alpha value is -3.32. The van der Waals surface area contributed by atoms with Crippen LogP contribution in [0.4, 0.5) is 20.6 Å². The number of benzene rings is 2.